The molecule has 2 N–H and O–H groups in total. The lowest BCUT2D eigenvalue weighted by Gasteiger charge is -2.14. The maximum atomic E-state index is 13.6. The number of nitrogens with zero attached hydrogens (tertiary/aromatic N) is 1. The van der Waals surface area contributed by atoms with Crippen LogP contribution in [0.1, 0.15) is 11.1 Å². The average Bonchev–Trinajstić information content (AvgIpc) is 2.63. The zero-order chi connectivity index (χ0) is 20.6. The van der Waals surface area contributed by atoms with Crippen LogP contribution in [0.2, 0.25) is 5.02 Å². The maximum Gasteiger partial charge on any atom is 0.191 e. The predicted molar refractivity (Wildman–Crippen MR) is 131 cm³/mol. The van der Waals surface area contributed by atoms with Gasteiger partial charge in [0.05, 0.1) is 5.75 Å². The van der Waals surface area contributed by atoms with Crippen molar-refractivity contribution in [3.05, 3.63) is 64.4 Å². The molecule has 0 heterocycles. The molecule has 10 heteroatoms. The Morgan fingerprint density at radius 3 is 2.45 bits per heavy atom. The molecule has 0 unspecified atom stereocenters. The first-order valence-corrected chi connectivity index (χ1v) is 12.0. The largest absolute Gasteiger partial charge is 0.356 e. The Balaban J connectivity index is 0.00000420. The summed E-state index contributed by atoms with van der Waals surface area (Å²) in [6.07, 6.45) is 1.16. The van der Waals surface area contributed by atoms with Crippen LogP contribution < -0.4 is 10.6 Å². The van der Waals surface area contributed by atoms with Crippen molar-refractivity contribution in [3.63, 3.8) is 0 Å². The van der Waals surface area contributed by atoms with E-state index in [1.165, 1.54) is 18.2 Å². The number of thioether (sulfide) groups is 1. The van der Waals surface area contributed by atoms with E-state index in [0.29, 0.717) is 28.7 Å². The molecule has 2 rings (SSSR count). The van der Waals surface area contributed by atoms with E-state index in [4.69, 9.17) is 11.6 Å². The lowest BCUT2D eigenvalue weighted by molar-refractivity contribution is 0.599. The first kappa shape index (κ1) is 26.0. The Morgan fingerprint density at radius 2 is 1.83 bits per heavy atom. The topological polar surface area (TPSA) is 70.6 Å². The van der Waals surface area contributed by atoms with Gasteiger partial charge < -0.3 is 10.6 Å². The number of benzene rings is 2. The Bertz CT molecular complexity index is 926. The molecule has 2 aromatic rings. The quantitative estimate of drug-likeness (QED) is 0.164. The highest BCUT2D eigenvalue weighted by Crippen LogP contribution is 2.19. The first-order valence-electron chi connectivity index (χ1n) is 8.55. The highest BCUT2D eigenvalue weighted by Gasteiger charge is 2.11. The van der Waals surface area contributed by atoms with Gasteiger partial charge in [0.25, 0.3) is 0 Å². The molecule has 2 aromatic carbocycles. The van der Waals surface area contributed by atoms with Crippen LogP contribution in [0.15, 0.2) is 52.4 Å². The van der Waals surface area contributed by atoms with Gasteiger partial charge in [0.2, 0.25) is 0 Å². The molecule has 0 aromatic heterocycles. The van der Waals surface area contributed by atoms with E-state index in [2.05, 4.69) is 15.6 Å². The minimum atomic E-state index is -3.21. The number of rotatable bonds is 8. The van der Waals surface area contributed by atoms with Gasteiger partial charge in [-0.25, -0.2) is 12.8 Å². The molecule has 0 amide bonds. The fraction of sp³-hybridized carbons (Fsp3) is 0.316. The molecule has 29 heavy (non-hydrogen) atoms. The SMILES string of the molecule is CN=C(NCCSc1ccc(Cl)cc1)NCc1cc(F)ccc1CS(C)(=O)=O.I. The molecule has 0 bridgehead atoms. The summed E-state index contributed by atoms with van der Waals surface area (Å²) in [6.45, 7) is 0.943. The highest BCUT2D eigenvalue weighted by atomic mass is 127. The number of hydrogen-bond donors (Lipinski definition) is 2. The number of hydrogen-bond acceptors (Lipinski definition) is 4. The Hall–Kier alpha value is -1.04. The van der Waals surface area contributed by atoms with E-state index >= 15 is 0 Å². The minimum absolute atomic E-state index is 0. The third-order valence-corrected chi connectivity index (χ3v) is 5.83. The monoisotopic (exact) mass is 571 g/mol. The van der Waals surface area contributed by atoms with Gasteiger partial charge in [-0.3, -0.25) is 4.99 Å². The molecular formula is C19H24ClFIN3O2S2. The molecule has 0 atom stereocenters. The first-order chi connectivity index (χ1) is 13.3. The minimum Gasteiger partial charge on any atom is -0.356 e. The van der Waals surface area contributed by atoms with Gasteiger partial charge in [0.1, 0.15) is 5.82 Å². The van der Waals surface area contributed by atoms with E-state index in [1.807, 2.05) is 24.3 Å². The van der Waals surface area contributed by atoms with Gasteiger partial charge in [-0.15, -0.1) is 35.7 Å². The van der Waals surface area contributed by atoms with Gasteiger partial charge in [0, 0.05) is 42.1 Å². The lowest BCUT2D eigenvalue weighted by atomic mass is 10.1. The summed E-state index contributed by atoms with van der Waals surface area (Å²) in [5.41, 5.74) is 1.16. The molecule has 5 nitrogen and oxygen atoms in total. The molecule has 0 saturated carbocycles. The molecule has 0 radical (unpaired) electrons. The third kappa shape index (κ3) is 10.0. The Morgan fingerprint density at radius 1 is 1.14 bits per heavy atom. The second-order valence-electron chi connectivity index (χ2n) is 6.14. The summed E-state index contributed by atoms with van der Waals surface area (Å²) in [7, 11) is -1.57. The normalized spacial score (nSPS) is 11.7. The number of sulfone groups is 1. The maximum absolute atomic E-state index is 13.6. The molecule has 0 fully saturated rings. The summed E-state index contributed by atoms with van der Waals surface area (Å²) in [5, 5.41) is 6.99. The van der Waals surface area contributed by atoms with Crippen molar-refractivity contribution in [3.8, 4) is 0 Å². The Labute approximate surface area is 197 Å². The molecule has 0 saturated heterocycles. The zero-order valence-corrected chi connectivity index (χ0v) is 20.8. The van der Waals surface area contributed by atoms with Gasteiger partial charge in [-0.2, -0.15) is 0 Å². The summed E-state index contributed by atoms with van der Waals surface area (Å²) < 4.78 is 36.8. The van der Waals surface area contributed by atoms with Crippen LogP contribution in [0, 0.1) is 5.82 Å². The van der Waals surface area contributed by atoms with Crippen LogP contribution >= 0.6 is 47.3 Å². The van der Waals surface area contributed by atoms with Gasteiger partial charge >= 0.3 is 0 Å². The van der Waals surface area contributed by atoms with Crippen molar-refractivity contribution >= 4 is 63.1 Å². The van der Waals surface area contributed by atoms with Crippen molar-refractivity contribution in [2.75, 3.05) is 25.6 Å². The fourth-order valence-corrected chi connectivity index (χ4v) is 4.19. The molecule has 0 aliphatic rings. The molecular weight excluding hydrogens is 548 g/mol. The molecule has 0 aliphatic carbocycles. The number of nitrogens with one attached hydrogen (secondary N) is 2. The van der Waals surface area contributed by atoms with E-state index in [9.17, 15) is 12.8 Å². The lowest BCUT2D eigenvalue weighted by Crippen LogP contribution is -2.38. The standard InChI is InChI=1S/C19H23ClFN3O2S2.HI/c1-22-19(23-9-10-27-18-7-4-16(20)5-8-18)24-12-15-11-17(21)6-3-14(15)13-28(2,25)26;/h3-8,11H,9-10,12-13H2,1-2H3,(H2,22,23,24);1H. The van der Waals surface area contributed by atoms with Crippen LogP contribution in [-0.2, 0) is 22.1 Å². The van der Waals surface area contributed by atoms with Crippen LogP contribution in [0.5, 0.6) is 0 Å². The predicted octanol–water partition coefficient (Wildman–Crippen LogP) is 4.10. The average molecular weight is 572 g/mol. The molecule has 160 valence electrons. The van der Waals surface area contributed by atoms with Crippen molar-refractivity contribution in [2.24, 2.45) is 4.99 Å². The second-order valence-corrected chi connectivity index (χ2v) is 9.88. The van der Waals surface area contributed by atoms with Crippen molar-refractivity contribution in [1.82, 2.24) is 10.6 Å². The summed E-state index contributed by atoms with van der Waals surface area (Å²) >= 11 is 7.56. The second kappa shape index (κ2) is 12.6. The van der Waals surface area contributed by atoms with Crippen LogP contribution in [0.3, 0.4) is 0 Å². The zero-order valence-electron chi connectivity index (χ0n) is 16.1. The van der Waals surface area contributed by atoms with E-state index in [0.717, 1.165) is 16.9 Å². The van der Waals surface area contributed by atoms with Crippen molar-refractivity contribution in [1.29, 1.82) is 0 Å². The number of halogens is 3. The van der Waals surface area contributed by atoms with E-state index in [1.54, 1.807) is 18.8 Å². The van der Waals surface area contributed by atoms with Crippen molar-refractivity contribution < 1.29 is 12.8 Å². The van der Waals surface area contributed by atoms with Crippen LogP contribution in [-0.4, -0.2) is 40.0 Å². The van der Waals surface area contributed by atoms with E-state index < -0.39 is 15.7 Å². The number of guanidine groups is 1. The van der Waals surface area contributed by atoms with Crippen LogP contribution in [0.25, 0.3) is 0 Å². The van der Waals surface area contributed by atoms with Gasteiger partial charge in [-0.1, -0.05) is 17.7 Å². The summed E-state index contributed by atoms with van der Waals surface area (Å²) in [5.74, 6) is 0.845. The Kier molecular flexibility index (Phi) is 11.3. The van der Waals surface area contributed by atoms with Gasteiger partial charge in [-0.05, 0) is 47.5 Å². The molecule has 0 aliphatic heterocycles. The third-order valence-electron chi connectivity index (χ3n) is 3.73. The molecule has 0 spiro atoms. The van der Waals surface area contributed by atoms with Gasteiger partial charge in [0.15, 0.2) is 15.8 Å². The summed E-state index contributed by atoms with van der Waals surface area (Å²) in [6, 6.07) is 11.8. The fourth-order valence-electron chi connectivity index (χ4n) is 2.45. The van der Waals surface area contributed by atoms with Crippen molar-refractivity contribution in [2.45, 2.75) is 17.2 Å². The van der Waals surface area contributed by atoms with E-state index in [-0.39, 0.29) is 36.3 Å². The van der Waals surface area contributed by atoms with Crippen LogP contribution in [0.4, 0.5) is 4.39 Å². The number of aliphatic imine (C=N–C) groups is 1. The smallest absolute Gasteiger partial charge is 0.191 e. The summed E-state index contributed by atoms with van der Waals surface area (Å²) in [4.78, 5) is 5.27. The highest BCUT2D eigenvalue weighted by molar-refractivity contribution is 14.0.